The van der Waals surface area contributed by atoms with Crippen LogP contribution in [0.5, 0.6) is 5.88 Å². The average Bonchev–Trinajstić information content (AvgIpc) is 2.77. The van der Waals surface area contributed by atoms with Crippen molar-refractivity contribution in [3.05, 3.63) is 29.8 Å². The molecule has 23 heavy (non-hydrogen) atoms. The fourth-order valence-electron chi connectivity index (χ4n) is 1.93. The summed E-state index contributed by atoms with van der Waals surface area (Å²) in [7, 11) is 1.54. The van der Waals surface area contributed by atoms with E-state index in [1.807, 2.05) is 0 Å². The number of aromatic nitrogens is 2. The first-order valence-electron chi connectivity index (χ1n) is 6.45. The van der Waals surface area contributed by atoms with Crippen molar-refractivity contribution in [3.63, 3.8) is 0 Å². The topological polar surface area (TPSA) is 27.1 Å². The maximum absolute atomic E-state index is 12.4. The van der Waals surface area contributed by atoms with E-state index in [1.54, 1.807) is 25.1 Å². The second-order valence-corrected chi connectivity index (χ2v) is 5.77. The number of halogens is 5. The highest BCUT2D eigenvalue weighted by Crippen LogP contribution is 2.33. The monoisotopic (exact) mass is 352 g/mol. The van der Waals surface area contributed by atoms with Crippen LogP contribution in [0.25, 0.3) is 11.3 Å². The van der Waals surface area contributed by atoms with Crippen molar-refractivity contribution >= 4 is 11.8 Å². The number of ether oxygens (including phenoxy) is 1. The molecule has 0 fully saturated rings. The van der Waals surface area contributed by atoms with Gasteiger partial charge in [0, 0.05) is 23.6 Å². The summed E-state index contributed by atoms with van der Waals surface area (Å²) in [6.45, 7) is -1.29. The van der Waals surface area contributed by atoms with E-state index in [0.29, 0.717) is 33.5 Å². The molecule has 1 aromatic carbocycles. The fraction of sp³-hybridized carbons (Fsp3) is 0.357. The Bertz CT molecular complexity index is 684. The highest BCUT2D eigenvalue weighted by molar-refractivity contribution is 7.99. The first kappa shape index (κ1) is 17.6. The number of hydrogen-bond donors (Lipinski definition) is 0. The Labute approximate surface area is 133 Å². The van der Waals surface area contributed by atoms with E-state index in [4.69, 9.17) is 0 Å². The fourth-order valence-corrected chi connectivity index (χ4v) is 2.76. The minimum atomic E-state index is -4.27. The van der Waals surface area contributed by atoms with Gasteiger partial charge in [0.15, 0.2) is 0 Å². The third kappa shape index (κ3) is 4.85. The summed E-state index contributed by atoms with van der Waals surface area (Å²) < 4.78 is 67.1. The minimum Gasteiger partial charge on any atom is -0.415 e. The van der Waals surface area contributed by atoms with Gasteiger partial charge in [0.2, 0.25) is 5.88 Å². The molecule has 3 nitrogen and oxygen atoms in total. The number of thioether (sulfide) groups is 1. The lowest BCUT2D eigenvalue weighted by molar-refractivity contribution is -0.105. The molecule has 2 rings (SSSR count). The Balaban J connectivity index is 2.28. The molecule has 0 unspecified atom stereocenters. The molecule has 9 heteroatoms. The second-order valence-electron chi connectivity index (χ2n) is 4.75. The lowest BCUT2D eigenvalue weighted by Crippen LogP contribution is -2.10. The molecule has 1 aromatic heterocycles. The number of hydrogen-bond acceptors (Lipinski definition) is 3. The summed E-state index contributed by atoms with van der Waals surface area (Å²) in [5.74, 6) is -1.25. The van der Waals surface area contributed by atoms with Crippen LogP contribution in [-0.4, -0.2) is 28.3 Å². The lowest BCUT2D eigenvalue weighted by Gasteiger charge is -2.10. The van der Waals surface area contributed by atoms with Gasteiger partial charge in [0.1, 0.15) is 0 Å². The van der Waals surface area contributed by atoms with E-state index >= 15 is 0 Å². The molecule has 0 N–H and O–H groups in total. The Morgan fingerprint density at radius 2 is 1.96 bits per heavy atom. The minimum absolute atomic E-state index is 0.248. The quantitative estimate of drug-likeness (QED) is 0.579. The maximum atomic E-state index is 12.4. The lowest BCUT2D eigenvalue weighted by atomic mass is 10.1. The van der Waals surface area contributed by atoms with Crippen LogP contribution < -0.4 is 4.74 Å². The van der Waals surface area contributed by atoms with Gasteiger partial charge in [0.05, 0.1) is 11.4 Å². The predicted molar refractivity (Wildman–Crippen MR) is 76.8 cm³/mol. The summed E-state index contributed by atoms with van der Waals surface area (Å²) >= 11 is 0.680. The van der Waals surface area contributed by atoms with Crippen molar-refractivity contribution in [2.24, 2.45) is 7.05 Å². The molecule has 1 heterocycles. The van der Waals surface area contributed by atoms with Crippen molar-refractivity contribution in [2.45, 2.75) is 24.6 Å². The van der Waals surface area contributed by atoms with Crippen LogP contribution in [0.2, 0.25) is 0 Å². The third-order valence-electron chi connectivity index (χ3n) is 2.94. The molecule has 0 aliphatic heterocycles. The molecule has 0 radical (unpaired) electrons. The van der Waals surface area contributed by atoms with E-state index in [2.05, 4.69) is 9.84 Å². The van der Waals surface area contributed by atoms with Crippen molar-refractivity contribution in [1.29, 1.82) is 0 Å². The largest absolute Gasteiger partial charge is 0.415 e. The molecule has 0 aliphatic carbocycles. The van der Waals surface area contributed by atoms with Crippen LogP contribution in [-0.2, 0) is 7.05 Å². The van der Waals surface area contributed by atoms with Crippen molar-refractivity contribution < 1.29 is 26.7 Å². The molecule has 0 spiro atoms. The molecule has 0 amide bonds. The zero-order chi connectivity index (χ0) is 17.2. The summed E-state index contributed by atoms with van der Waals surface area (Å²) in [5.41, 5.74) is 1.74. The van der Waals surface area contributed by atoms with Crippen molar-refractivity contribution in [2.75, 3.05) is 5.75 Å². The highest BCUT2D eigenvalue weighted by atomic mass is 32.2. The van der Waals surface area contributed by atoms with Gasteiger partial charge in [-0.15, -0.1) is 16.9 Å². The first-order valence-corrected chi connectivity index (χ1v) is 7.43. The van der Waals surface area contributed by atoms with Gasteiger partial charge < -0.3 is 4.74 Å². The van der Waals surface area contributed by atoms with Gasteiger partial charge in [0.25, 0.3) is 0 Å². The van der Waals surface area contributed by atoms with Crippen LogP contribution in [0.1, 0.15) is 5.56 Å². The Kier molecular flexibility index (Phi) is 5.18. The number of benzene rings is 1. The number of nitrogens with zero attached hydrogens (tertiary/aromatic N) is 2. The van der Waals surface area contributed by atoms with Crippen LogP contribution in [0.3, 0.4) is 0 Å². The molecular formula is C14H13F5N2OS. The molecule has 0 atom stereocenters. The third-order valence-corrected chi connectivity index (χ3v) is 4.16. The smallest absolute Gasteiger partial charge is 0.398 e. The zero-order valence-electron chi connectivity index (χ0n) is 12.2. The van der Waals surface area contributed by atoms with E-state index in [1.165, 1.54) is 17.8 Å². The molecule has 0 bridgehead atoms. The van der Waals surface area contributed by atoms with E-state index < -0.39 is 18.5 Å². The molecule has 126 valence electrons. The van der Waals surface area contributed by atoms with Crippen molar-refractivity contribution in [3.8, 4) is 17.1 Å². The van der Waals surface area contributed by atoms with Gasteiger partial charge >= 0.3 is 12.8 Å². The molecule has 0 saturated carbocycles. The molecule has 0 saturated heterocycles. The van der Waals surface area contributed by atoms with Crippen LogP contribution in [0.4, 0.5) is 22.0 Å². The van der Waals surface area contributed by atoms with E-state index in [9.17, 15) is 22.0 Å². The summed E-state index contributed by atoms with van der Waals surface area (Å²) in [6.07, 6.45) is -4.27. The molecule has 0 aliphatic rings. The number of alkyl halides is 5. The standard InChI is InChI=1S/C14H13F5N2OS/c1-8-3-4-9(5-11(8)23-7-14(17,18)19)10-6-12(20-21(10)2)22-13(15)16/h3-6,13H,7H2,1-2H3. The number of rotatable bonds is 5. The summed E-state index contributed by atoms with van der Waals surface area (Å²) in [4.78, 5) is 0.470. The van der Waals surface area contributed by atoms with Crippen LogP contribution in [0, 0.1) is 6.92 Å². The SMILES string of the molecule is Cc1ccc(-c2cc(OC(F)F)nn2C)cc1SCC(F)(F)F. The normalized spacial score (nSPS) is 12.0. The number of aryl methyl sites for hydroxylation is 2. The first-order chi connectivity index (χ1) is 10.7. The van der Waals surface area contributed by atoms with Gasteiger partial charge in [-0.25, -0.2) is 0 Å². The van der Waals surface area contributed by atoms with Crippen molar-refractivity contribution in [1.82, 2.24) is 9.78 Å². The second kappa shape index (κ2) is 6.77. The van der Waals surface area contributed by atoms with E-state index in [0.717, 1.165) is 0 Å². The Morgan fingerprint density at radius 3 is 2.57 bits per heavy atom. The van der Waals surface area contributed by atoms with Gasteiger partial charge in [-0.1, -0.05) is 12.1 Å². The van der Waals surface area contributed by atoms with Gasteiger partial charge in [-0.05, 0) is 18.6 Å². The van der Waals surface area contributed by atoms with Gasteiger partial charge in [-0.2, -0.15) is 22.0 Å². The van der Waals surface area contributed by atoms with Crippen LogP contribution >= 0.6 is 11.8 Å². The van der Waals surface area contributed by atoms with Crippen LogP contribution in [0.15, 0.2) is 29.2 Å². The maximum Gasteiger partial charge on any atom is 0.398 e. The van der Waals surface area contributed by atoms with Gasteiger partial charge in [-0.3, -0.25) is 4.68 Å². The summed E-state index contributed by atoms with van der Waals surface area (Å²) in [5, 5.41) is 3.79. The van der Waals surface area contributed by atoms with E-state index in [-0.39, 0.29) is 5.88 Å². The molecular weight excluding hydrogens is 339 g/mol. The Hall–Kier alpha value is -1.77. The zero-order valence-corrected chi connectivity index (χ0v) is 13.0. The average molecular weight is 352 g/mol. The summed E-state index contributed by atoms with van der Waals surface area (Å²) in [6, 6.07) is 6.26. The molecule has 2 aromatic rings. The highest BCUT2D eigenvalue weighted by Gasteiger charge is 2.27. The predicted octanol–water partition coefficient (Wildman–Crippen LogP) is 4.65. The Morgan fingerprint density at radius 1 is 1.26 bits per heavy atom.